The van der Waals surface area contributed by atoms with Gasteiger partial charge in [-0.3, -0.25) is 10.1 Å². The van der Waals surface area contributed by atoms with Gasteiger partial charge in [-0.1, -0.05) is 12.1 Å². The van der Waals surface area contributed by atoms with E-state index < -0.39 is 0 Å². The van der Waals surface area contributed by atoms with E-state index in [9.17, 15) is 4.79 Å². The van der Waals surface area contributed by atoms with E-state index in [-0.39, 0.29) is 18.3 Å². The minimum absolute atomic E-state index is 0.187. The third-order valence-electron chi connectivity index (χ3n) is 4.04. The van der Waals surface area contributed by atoms with E-state index in [1.54, 1.807) is 30.6 Å². The lowest BCUT2D eigenvalue weighted by Crippen LogP contribution is -2.10. The summed E-state index contributed by atoms with van der Waals surface area (Å²) in [7, 11) is 1.58. The third-order valence-corrected chi connectivity index (χ3v) is 5.82. The molecule has 0 spiro atoms. The number of aromatic nitrogens is 1. The van der Waals surface area contributed by atoms with Gasteiger partial charge >= 0.3 is 0 Å². The van der Waals surface area contributed by atoms with Crippen LogP contribution in [0.4, 0.5) is 5.13 Å². The molecule has 8 heteroatoms. The molecule has 3 heterocycles. The van der Waals surface area contributed by atoms with Crippen LogP contribution in [-0.2, 0) is 6.61 Å². The summed E-state index contributed by atoms with van der Waals surface area (Å²) in [5, 5.41) is 5.23. The zero-order valence-corrected chi connectivity index (χ0v) is 17.4. The number of hydrogen-bond donors (Lipinski definition) is 1. The molecule has 3 aromatic heterocycles. The van der Waals surface area contributed by atoms with Gasteiger partial charge in [0, 0.05) is 10.3 Å². The number of hydrogen-bond acceptors (Lipinski definition) is 7. The molecule has 0 bridgehead atoms. The summed E-state index contributed by atoms with van der Waals surface area (Å²) >= 11 is 3.05. The third kappa shape index (κ3) is 4.49. The van der Waals surface area contributed by atoms with Gasteiger partial charge in [-0.15, -0.1) is 22.7 Å². The molecule has 29 heavy (non-hydrogen) atoms. The number of nitrogens with zero attached hydrogens (tertiary/aromatic N) is 1. The highest BCUT2D eigenvalue weighted by Crippen LogP contribution is 2.31. The zero-order valence-electron chi connectivity index (χ0n) is 15.8. The largest absolute Gasteiger partial charge is 0.493 e. The number of ether oxygens (including phenoxy) is 2. The van der Waals surface area contributed by atoms with Crippen molar-refractivity contribution in [3.05, 3.63) is 70.3 Å². The van der Waals surface area contributed by atoms with Crippen molar-refractivity contribution in [1.82, 2.24) is 4.98 Å². The second kappa shape index (κ2) is 8.50. The topological polar surface area (TPSA) is 73.6 Å². The highest BCUT2D eigenvalue weighted by Gasteiger charge is 2.15. The molecule has 4 rings (SSSR count). The van der Waals surface area contributed by atoms with Gasteiger partial charge in [0.05, 0.1) is 17.7 Å². The van der Waals surface area contributed by atoms with Gasteiger partial charge in [0.1, 0.15) is 12.4 Å². The van der Waals surface area contributed by atoms with Gasteiger partial charge in [0.2, 0.25) is 0 Å². The number of nitrogens with one attached hydrogen (secondary N) is 1. The molecule has 0 fully saturated rings. The molecule has 0 radical (unpaired) electrons. The minimum atomic E-state index is -0.350. The number of thiazole rings is 1. The van der Waals surface area contributed by atoms with Crippen LogP contribution >= 0.6 is 22.7 Å². The second-order valence-corrected chi connectivity index (χ2v) is 8.25. The van der Waals surface area contributed by atoms with Crippen LogP contribution in [0, 0.1) is 6.92 Å². The molecule has 148 valence electrons. The SMILES string of the molecule is COc1ccccc1OCc1ccc(C(=O)Nc2nc(-c3ccc(C)s3)cs2)o1. The Kier molecular flexibility index (Phi) is 5.64. The zero-order chi connectivity index (χ0) is 20.2. The Morgan fingerprint density at radius 1 is 1.14 bits per heavy atom. The van der Waals surface area contributed by atoms with E-state index >= 15 is 0 Å². The number of amides is 1. The fraction of sp³-hybridized carbons (Fsp3) is 0.143. The van der Waals surface area contributed by atoms with Crippen LogP contribution in [0.3, 0.4) is 0 Å². The normalized spacial score (nSPS) is 10.7. The number of furan rings is 1. The summed E-state index contributed by atoms with van der Waals surface area (Å²) < 4.78 is 16.6. The van der Waals surface area contributed by atoms with E-state index in [2.05, 4.69) is 23.3 Å². The Morgan fingerprint density at radius 2 is 1.97 bits per heavy atom. The first-order chi connectivity index (χ1) is 14.1. The fourth-order valence-electron chi connectivity index (χ4n) is 2.64. The number of rotatable bonds is 7. The Hall–Kier alpha value is -3.10. The van der Waals surface area contributed by atoms with Crippen molar-refractivity contribution in [2.45, 2.75) is 13.5 Å². The van der Waals surface area contributed by atoms with Gasteiger partial charge in [0.15, 0.2) is 22.4 Å². The van der Waals surface area contributed by atoms with Gasteiger partial charge in [-0.2, -0.15) is 0 Å². The van der Waals surface area contributed by atoms with Crippen LogP contribution < -0.4 is 14.8 Å². The number of carbonyl (C=O) groups excluding carboxylic acids is 1. The maximum atomic E-state index is 12.5. The van der Waals surface area contributed by atoms with Gasteiger partial charge in [-0.25, -0.2) is 4.98 Å². The van der Waals surface area contributed by atoms with E-state index in [1.165, 1.54) is 16.2 Å². The van der Waals surface area contributed by atoms with E-state index in [0.29, 0.717) is 22.4 Å². The molecule has 0 atom stereocenters. The molecular weight excluding hydrogens is 408 g/mol. The van der Waals surface area contributed by atoms with Crippen molar-refractivity contribution in [2.24, 2.45) is 0 Å². The van der Waals surface area contributed by atoms with Crippen LogP contribution in [-0.4, -0.2) is 18.0 Å². The van der Waals surface area contributed by atoms with Crippen LogP contribution in [0.25, 0.3) is 10.6 Å². The number of thiophene rings is 1. The number of carbonyl (C=O) groups is 1. The van der Waals surface area contributed by atoms with Crippen molar-refractivity contribution in [2.75, 3.05) is 12.4 Å². The molecule has 0 saturated carbocycles. The number of anilines is 1. The number of methoxy groups -OCH3 is 1. The first-order valence-electron chi connectivity index (χ1n) is 8.80. The molecule has 1 N–H and O–H groups in total. The average Bonchev–Trinajstić information content (AvgIpc) is 3.47. The molecule has 6 nitrogen and oxygen atoms in total. The van der Waals surface area contributed by atoms with Crippen molar-refractivity contribution in [3.8, 4) is 22.1 Å². The van der Waals surface area contributed by atoms with E-state index in [4.69, 9.17) is 13.9 Å². The number of aryl methyl sites for hydroxylation is 1. The Morgan fingerprint density at radius 3 is 2.72 bits per heavy atom. The van der Waals surface area contributed by atoms with Crippen LogP contribution in [0.2, 0.25) is 0 Å². The Balaban J connectivity index is 1.38. The Labute approximate surface area is 175 Å². The molecular formula is C21H18N2O4S2. The maximum absolute atomic E-state index is 12.5. The molecule has 4 aromatic rings. The summed E-state index contributed by atoms with van der Waals surface area (Å²) in [5.74, 6) is 1.63. The average molecular weight is 427 g/mol. The lowest BCUT2D eigenvalue weighted by Gasteiger charge is -2.08. The molecule has 0 saturated heterocycles. The number of benzene rings is 1. The van der Waals surface area contributed by atoms with Crippen molar-refractivity contribution in [1.29, 1.82) is 0 Å². The minimum Gasteiger partial charge on any atom is -0.493 e. The molecule has 0 unspecified atom stereocenters. The molecule has 0 aliphatic carbocycles. The summed E-state index contributed by atoms with van der Waals surface area (Å²) in [6.07, 6.45) is 0. The highest BCUT2D eigenvalue weighted by molar-refractivity contribution is 7.17. The highest BCUT2D eigenvalue weighted by atomic mass is 32.1. The second-order valence-electron chi connectivity index (χ2n) is 6.11. The quantitative estimate of drug-likeness (QED) is 0.416. The standard InChI is InChI=1S/C21H18N2O4S2/c1-13-7-10-19(29-13)15-12-28-21(22-15)23-20(24)18-9-8-14(27-18)11-26-17-6-4-3-5-16(17)25-2/h3-10,12H,11H2,1-2H3,(H,22,23,24). The first kappa shape index (κ1) is 19.2. The van der Waals surface area contributed by atoms with E-state index in [0.717, 1.165) is 10.6 Å². The summed E-state index contributed by atoms with van der Waals surface area (Å²) in [5.41, 5.74) is 0.855. The van der Waals surface area contributed by atoms with Crippen LogP contribution in [0.15, 0.2) is 58.3 Å². The molecule has 0 aliphatic rings. The smallest absolute Gasteiger partial charge is 0.293 e. The van der Waals surface area contributed by atoms with Crippen molar-refractivity contribution in [3.63, 3.8) is 0 Å². The fourth-order valence-corrected chi connectivity index (χ4v) is 4.25. The number of para-hydroxylation sites is 2. The summed E-state index contributed by atoms with van der Waals surface area (Å²) in [6.45, 7) is 2.24. The van der Waals surface area contributed by atoms with Gasteiger partial charge < -0.3 is 13.9 Å². The molecule has 1 amide bonds. The van der Waals surface area contributed by atoms with Gasteiger partial charge in [-0.05, 0) is 43.3 Å². The monoisotopic (exact) mass is 426 g/mol. The molecule has 0 aliphatic heterocycles. The lowest BCUT2D eigenvalue weighted by molar-refractivity contribution is 0.0992. The summed E-state index contributed by atoms with van der Waals surface area (Å²) in [4.78, 5) is 19.2. The lowest BCUT2D eigenvalue weighted by atomic mass is 10.3. The Bertz CT molecular complexity index is 1130. The first-order valence-corrected chi connectivity index (χ1v) is 10.5. The van der Waals surface area contributed by atoms with Crippen LogP contribution in [0.1, 0.15) is 21.2 Å². The maximum Gasteiger partial charge on any atom is 0.293 e. The van der Waals surface area contributed by atoms with Crippen molar-refractivity contribution < 1.29 is 18.7 Å². The van der Waals surface area contributed by atoms with Gasteiger partial charge in [0.25, 0.3) is 5.91 Å². The van der Waals surface area contributed by atoms with Crippen LogP contribution in [0.5, 0.6) is 11.5 Å². The van der Waals surface area contributed by atoms with E-state index in [1.807, 2.05) is 35.7 Å². The van der Waals surface area contributed by atoms with Crippen molar-refractivity contribution >= 4 is 33.7 Å². The predicted octanol–water partition coefficient (Wildman–Crippen LogP) is 5.61. The predicted molar refractivity (Wildman–Crippen MR) is 114 cm³/mol. The summed E-state index contributed by atoms with van der Waals surface area (Å²) in [6, 6.07) is 14.8. The molecule has 1 aromatic carbocycles.